The second kappa shape index (κ2) is 20.3. The van der Waals surface area contributed by atoms with Gasteiger partial charge in [0.05, 0.1) is 13.2 Å². The summed E-state index contributed by atoms with van der Waals surface area (Å²) in [6, 6.07) is 0. The molecule has 0 radical (unpaired) electrons. The van der Waals surface area contributed by atoms with Gasteiger partial charge in [-0.1, -0.05) is 10.2 Å². The first-order valence-electron chi connectivity index (χ1n) is 4.88. The Morgan fingerprint density at radius 3 is 1.56 bits per heavy atom. The van der Waals surface area contributed by atoms with Crippen LogP contribution in [-0.2, 0) is 19.1 Å². The molecule has 100 valence electrons. The summed E-state index contributed by atoms with van der Waals surface area (Å²) in [6.45, 7) is 1.32. The molecule has 0 heterocycles. The molecule has 0 rings (SSSR count). The minimum Gasteiger partial charge on any atom is -0.374 e. The fourth-order valence-electron chi connectivity index (χ4n) is 0.563. The Labute approximate surface area is 103 Å². The van der Waals surface area contributed by atoms with E-state index in [4.69, 9.17) is 11.1 Å². The van der Waals surface area contributed by atoms with Gasteiger partial charge in [-0.25, -0.2) is 0 Å². The summed E-state index contributed by atoms with van der Waals surface area (Å²) in [7, 11) is 0. The van der Waals surface area contributed by atoms with Crippen molar-refractivity contribution in [3.8, 4) is 0 Å². The lowest BCUT2D eigenvalue weighted by Gasteiger charge is -1.91. The highest BCUT2D eigenvalue weighted by atomic mass is 16.5. The first-order valence-corrected chi connectivity index (χ1v) is 4.88. The zero-order valence-electron chi connectivity index (χ0n) is 9.71. The highest BCUT2D eigenvalue weighted by Gasteiger charge is 1.81. The van der Waals surface area contributed by atoms with Crippen LogP contribution in [0.25, 0.3) is 20.9 Å². The van der Waals surface area contributed by atoms with Crippen molar-refractivity contribution in [2.45, 2.75) is 0 Å². The van der Waals surface area contributed by atoms with Gasteiger partial charge in [-0.15, -0.1) is 0 Å². The normalized spacial score (nSPS) is 8.00. The number of hydrogen-bond donors (Lipinski definition) is 0. The topological polar surface area (TPSA) is 150 Å². The predicted molar refractivity (Wildman–Crippen MR) is 61.8 cm³/mol. The van der Waals surface area contributed by atoms with Crippen LogP contribution in [0.15, 0.2) is 10.2 Å². The van der Waals surface area contributed by atoms with Crippen molar-refractivity contribution >= 4 is 12.6 Å². The van der Waals surface area contributed by atoms with Gasteiger partial charge in [0.15, 0.2) is 0 Å². The maximum absolute atomic E-state index is 9.61. The number of azide groups is 2. The highest BCUT2D eigenvalue weighted by Crippen LogP contribution is 1.74. The van der Waals surface area contributed by atoms with E-state index in [1.807, 2.05) is 0 Å². The first-order chi connectivity index (χ1) is 8.83. The van der Waals surface area contributed by atoms with Gasteiger partial charge in [0.2, 0.25) is 0 Å². The number of carbonyl (C=O) groups excluding carboxylic acids is 2. The average Bonchev–Trinajstić information content (AvgIpc) is 2.39. The van der Waals surface area contributed by atoms with Crippen LogP contribution in [0.1, 0.15) is 0 Å². The molecule has 10 nitrogen and oxygen atoms in total. The number of carbonyl (C=O) groups is 2. The molecule has 0 spiro atoms. The van der Waals surface area contributed by atoms with Crippen LogP contribution in [0, 0.1) is 0 Å². The van der Waals surface area contributed by atoms with Crippen molar-refractivity contribution in [1.29, 1.82) is 0 Å². The fraction of sp³-hybridized carbons (Fsp3) is 0.750. The molecule has 18 heavy (non-hydrogen) atoms. The molecule has 0 aromatic heterocycles. The van der Waals surface area contributed by atoms with Gasteiger partial charge in [0.1, 0.15) is 25.8 Å². The van der Waals surface area contributed by atoms with Crippen molar-refractivity contribution in [2.75, 3.05) is 39.5 Å². The Hall–Kier alpha value is -2.12. The van der Waals surface area contributed by atoms with Gasteiger partial charge in [-0.05, 0) is 11.1 Å². The molecule has 0 bridgehead atoms. The van der Waals surface area contributed by atoms with Crippen molar-refractivity contribution in [3.63, 3.8) is 0 Å². The van der Waals surface area contributed by atoms with E-state index in [0.717, 1.165) is 0 Å². The Morgan fingerprint density at radius 2 is 1.28 bits per heavy atom. The van der Waals surface area contributed by atoms with Crippen molar-refractivity contribution in [1.82, 2.24) is 0 Å². The van der Waals surface area contributed by atoms with Crippen LogP contribution in [0.3, 0.4) is 0 Å². The minimum atomic E-state index is 0.0704. The molecule has 0 aromatic rings. The van der Waals surface area contributed by atoms with E-state index < -0.39 is 0 Å². The summed E-state index contributed by atoms with van der Waals surface area (Å²) in [5, 5.41) is 6.37. The van der Waals surface area contributed by atoms with E-state index in [1.165, 1.54) is 0 Å². The summed E-state index contributed by atoms with van der Waals surface area (Å²) in [6.07, 6.45) is 1.30. The van der Waals surface area contributed by atoms with E-state index in [1.54, 1.807) is 0 Å². The molecule has 0 N–H and O–H groups in total. The maximum atomic E-state index is 9.61. The van der Waals surface area contributed by atoms with Crippen LogP contribution in [-0.4, -0.2) is 52.1 Å². The van der Waals surface area contributed by atoms with E-state index in [0.29, 0.717) is 25.8 Å². The van der Waals surface area contributed by atoms with Crippen LogP contribution in [0.2, 0.25) is 0 Å². The molecule has 0 saturated heterocycles. The summed E-state index contributed by atoms with van der Waals surface area (Å²) in [4.78, 5) is 24.2. The highest BCUT2D eigenvalue weighted by molar-refractivity contribution is 5.50. The lowest BCUT2D eigenvalue weighted by atomic mass is 10.7. The SMILES string of the molecule is [N-]=[N+]=NCCOCC=O.[N-]=[N+]=NCCOCC=O. The Kier molecular flexibility index (Phi) is 20.6. The zero-order valence-corrected chi connectivity index (χ0v) is 9.71. The third-order valence-electron chi connectivity index (χ3n) is 1.17. The molecule has 0 aromatic carbocycles. The van der Waals surface area contributed by atoms with E-state index >= 15 is 0 Å². The molecule has 0 aliphatic heterocycles. The number of aldehydes is 2. The van der Waals surface area contributed by atoms with Crippen molar-refractivity contribution < 1.29 is 19.1 Å². The Balaban J connectivity index is 0. The number of nitrogens with zero attached hydrogens (tertiary/aromatic N) is 6. The smallest absolute Gasteiger partial charge is 0.145 e. The van der Waals surface area contributed by atoms with E-state index in [9.17, 15) is 9.59 Å². The molecular formula is C8H14N6O4. The largest absolute Gasteiger partial charge is 0.374 e. The molecule has 0 atom stereocenters. The molecular weight excluding hydrogens is 244 g/mol. The molecule has 0 unspecified atom stereocenters. The van der Waals surface area contributed by atoms with Gasteiger partial charge in [0.25, 0.3) is 0 Å². The quantitative estimate of drug-likeness (QED) is 0.189. The Bertz CT molecular complexity index is 268. The van der Waals surface area contributed by atoms with Crippen LogP contribution >= 0.6 is 0 Å². The van der Waals surface area contributed by atoms with Gasteiger partial charge in [-0.3, -0.25) is 0 Å². The summed E-state index contributed by atoms with van der Waals surface area (Å²) in [5.74, 6) is 0. The van der Waals surface area contributed by atoms with Gasteiger partial charge in [-0.2, -0.15) is 0 Å². The minimum absolute atomic E-state index is 0.0704. The first kappa shape index (κ1) is 18.3. The predicted octanol–water partition coefficient (Wildman–Crippen LogP) is 1.02. The summed E-state index contributed by atoms with van der Waals surface area (Å²) < 4.78 is 9.30. The Morgan fingerprint density at radius 1 is 0.889 bits per heavy atom. The third kappa shape index (κ3) is 23.6. The van der Waals surface area contributed by atoms with E-state index in [-0.39, 0.29) is 26.3 Å². The van der Waals surface area contributed by atoms with Gasteiger partial charge >= 0.3 is 0 Å². The molecule has 0 saturated carbocycles. The van der Waals surface area contributed by atoms with Crippen LogP contribution < -0.4 is 0 Å². The number of ether oxygens (including phenoxy) is 2. The molecule has 0 fully saturated rings. The monoisotopic (exact) mass is 258 g/mol. The summed E-state index contributed by atoms with van der Waals surface area (Å²) >= 11 is 0. The second-order valence-corrected chi connectivity index (χ2v) is 2.39. The lowest BCUT2D eigenvalue weighted by Crippen LogP contribution is -1.99. The lowest BCUT2D eigenvalue weighted by molar-refractivity contribution is -0.112. The average molecular weight is 258 g/mol. The third-order valence-corrected chi connectivity index (χ3v) is 1.17. The number of hydrogen-bond acceptors (Lipinski definition) is 6. The molecule has 0 aliphatic rings. The number of rotatable bonds is 10. The zero-order chi connectivity index (χ0) is 13.9. The van der Waals surface area contributed by atoms with Gasteiger partial charge in [0, 0.05) is 22.9 Å². The van der Waals surface area contributed by atoms with Crippen molar-refractivity contribution in [3.05, 3.63) is 20.9 Å². The molecule has 10 heteroatoms. The molecule has 0 amide bonds. The second-order valence-electron chi connectivity index (χ2n) is 2.39. The van der Waals surface area contributed by atoms with E-state index in [2.05, 4.69) is 29.5 Å². The maximum Gasteiger partial charge on any atom is 0.145 e. The standard InChI is InChI=1S/2C4H7N3O2/c2*5-7-6-1-3-9-4-2-8/h2*2H,1,3-4H2. The van der Waals surface area contributed by atoms with Crippen LogP contribution in [0.4, 0.5) is 0 Å². The fourth-order valence-corrected chi connectivity index (χ4v) is 0.563. The molecule has 0 aliphatic carbocycles. The van der Waals surface area contributed by atoms with Crippen molar-refractivity contribution in [2.24, 2.45) is 10.2 Å². The van der Waals surface area contributed by atoms with Gasteiger partial charge < -0.3 is 19.1 Å². The summed E-state index contributed by atoms with van der Waals surface area (Å²) in [5.41, 5.74) is 15.5. The van der Waals surface area contributed by atoms with Crippen LogP contribution in [0.5, 0.6) is 0 Å².